The summed E-state index contributed by atoms with van der Waals surface area (Å²) < 4.78 is 0. The molecule has 1 aromatic carbocycles. The van der Waals surface area contributed by atoms with Crippen molar-refractivity contribution in [3.63, 3.8) is 0 Å². The first-order valence-corrected chi connectivity index (χ1v) is 6.22. The number of nitrogens with zero attached hydrogens (tertiary/aromatic N) is 1. The van der Waals surface area contributed by atoms with Gasteiger partial charge in [0.2, 0.25) is 7.98 Å². The lowest BCUT2D eigenvalue weighted by molar-refractivity contribution is 0.711. The molecule has 0 saturated heterocycles. The summed E-state index contributed by atoms with van der Waals surface area (Å²) in [7, 11) is 6.04. The molecule has 3 rings (SSSR count). The minimum atomic E-state index is 0.990. The van der Waals surface area contributed by atoms with E-state index in [4.69, 9.17) is 7.98 Å². The number of benzene rings is 1. The molecular formula is C13H17BN2. The molecule has 16 heavy (non-hydrogen) atoms. The highest BCUT2D eigenvalue weighted by Crippen LogP contribution is 2.30. The second-order valence-electron chi connectivity index (χ2n) is 4.80. The SMILES string of the molecule is [B]N1CCCc2cc3c(cc21)CCNCC3. The van der Waals surface area contributed by atoms with Crippen molar-refractivity contribution in [2.75, 3.05) is 24.4 Å². The van der Waals surface area contributed by atoms with E-state index in [9.17, 15) is 0 Å². The zero-order chi connectivity index (χ0) is 11.0. The molecule has 0 bridgehead atoms. The number of hydrogen-bond donors (Lipinski definition) is 1. The summed E-state index contributed by atoms with van der Waals surface area (Å²) in [5.74, 6) is 0. The molecule has 0 aromatic heterocycles. The summed E-state index contributed by atoms with van der Waals surface area (Å²) in [6, 6.07) is 4.70. The first kappa shape index (κ1) is 10.2. The molecular weight excluding hydrogens is 195 g/mol. The Morgan fingerprint density at radius 3 is 2.56 bits per heavy atom. The predicted molar refractivity (Wildman–Crippen MR) is 68.1 cm³/mol. The summed E-state index contributed by atoms with van der Waals surface area (Å²) in [6.07, 6.45) is 4.66. The van der Waals surface area contributed by atoms with Gasteiger partial charge in [0.15, 0.2) is 0 Å². The topological polar surface area (TPSA) is 15.3 Å². The Labute approximate surface area is 98.5 Å². The summed E-state index contributed by atoms with van der Waals surface area (Å²) in [6.45, 7) is 3.19. The molecule has 2 aliphatic rings. The van der Waals surface area contributed by atoms with Crippen molar-refractivity contribution >= 4 is 13.7 Å². The standard InChI is InChI=1S/C13H17BN2/c14-16-7-1-2-12-8-10-3-5-15-6-4-11(10)9-13(12)16/h8-9,15H,1-7H2. The second-order valence-corrected chi connectivity index (χ2v) is 4.80. The van der Waals surface area contributed by atoms with Gasteiger partial charge in [0, 0.05) is 12.2 Å². The fraction of sp³-hybridized carbons (Fsp3) is 0.538. The molecule has 0 amide bonds. The number of nitrogens with one attached hydrogen (secondary N) is 1. The molecule has 2 nitrogen and oxygen atoms in total. The Kier molecular flexibility index (Phi) is 2.64. The van der Waals surface area contributed by atoms with Crippen LogP contribution in [0.4, 0.5) is 5.69 Å². The maximum Gasteiger partial charge on any atom is 0.226 e. The van der Waals surface area contributed by atoms with Gasteiger partial charge < -0.3 is 10.1 Å². The molecule has 0 aliphatic carbocycles. The minimum absolute atomic E-state index is 0.990. The van der Waals surface area contributed by atoms with Crippen molar-refractivity contribution in [3.05, 3.63) is 28.8 Å². The highest BCUT2D eigenvalue weighted by atomic mass is 15.0. The van der Waals surface area contributed by atoms with Gasteiger partial charge in [-0.25, -0.2) is 0 Å². The molecule has 2 radical (unpaired) electrons. The quantitative estimate of drug-likeness (QED) is 0.650. The van der Waals surface area contributed by atoms with Gasteiger partial charge in [-0.1, -0.05) is 6.07 Å². The van der Waals surface area contributed by atoms with Gasteiger partial charge >= 0.3 is 0 Å². The number of anilines is 1. The summed E-state index contributed by atoms with van der Waals surface area (Å²) >= 11 is 0. The Bertz CT molecular complexity index is 403. The van der Waals surface area contributed by atoms with Gasteiger partial charge in [-0.3, -0.25) is 0 Å². The van der Waals surface area contributed by atoms with E-state index < -0.39 is 0 Å². The molecule has 3 heteroatoms. The summed E-state index contributed by atoms with van der Waals surface area (Å²) in [4.78, 5) is 1.91. The van der Waals surface area contributed by atoms with Crippen molar-refractivity contribution in [2.45, 2.75) is 25.7 Å². The molecule has 0 fully saturated rings. The average molecular weight is 212 g/mol. The van der Waals surface area contributed by atoms with Crippen LogP contribution < -0.4 is 10.1 Å². The third kappa shape index (κ3) is 1.73. The molecule has 1 N–H and O–H groups in total. The number of fused-ring (bicyclic) bond motifs is 2. The van der Waals surface area contributed by atoms with Gasteiger partial charge in [0.05, 0.1) is 0 Å². The molecule has 0 unspecified atom stereocenters. The fourth-order valence-electron chi connectivity index (χ4n) is 2.79. The molecule has 0 atom stereocenters. The Hall–Kier alpha value is -0.955. The Morgan fingerprint density at radius 1 is 1.00 bits per heavy atom. The van der Waals surface area contributed by atoms with E-state index in [0.717, 1.165) is 32.5 Å². The van der Waals surface area contributed by atoms with E-state index in [2.05, 4.69) is 17.4 Å². The fourth-order valence-corrected chi connectivity index (χ4v) is 2.79. The van der Waals surface area contributed by atoms with Crippen molar-refractivity contribution in [3.8, 4) is 0 Å². The maximum absolute atomic E-state index is 6.04. The van der Waals surface area contributed by atoms with E-state index in [1.165, 1.54) is 35.2 Å². The third-order valence-electron chi connectivity index (χ3n) is 3.70. The first-order valence-electron chi connectivity index (χ1n) is 6.22. The number of hydrogen-bond acceptors (Lipinski definition) is 2. The third-order valence-corrected chi connectivity index (χ3v) is 3.70. The van der Waals surface area contributed by atoms with E-state index in [1.807, 2.05) is 4.81 Å². The largest absolute Gasteiger partial charge is 0.425 e. The van der Waals surface area contributed by atoms with Crippen LogP contribution in [-0.2, 0) is 19.3 Å². The second kappa shape index (κ2) is 4.13. The van der Waals surface area contributed by atoms with Crippen LogP contribution in [0.1, 0.15) is 23.1 Å². The monoisotopic (exact) mass is 212 g/mol. The van der Waals surface area contributed by atoms with E-state index in [0.29, 0.717) is 0 Å². The Balaban J connectivity index is 2.05. The first-order chi connectivity index (χ1) is 7.84. The lowest BCUT2D eigenvalue weighted by Gasteiger charge is -2.29. The minimum Gasteiger partial charge on any atom is -0.425 e. The van der Waals surface area contributed by atoms with Crippen molar-refractivity contribution in [2.24, 2.45) is 0 Å². The maximum atomic E-state index is 6.04. The van der Waals surface area contributed by atoms with Crippen LogP contribution in [0.25, 0.3) is 0 Å². The van der Waals surface area contributed by atoms with Gasteiger partial charge in [0.1, 0.15) is 0 Å². The Morgan fingerprint density at radius 2 is 1.75 bits per heavy atom. The van der Waals surface area contributed by atoms with Crippen LogP contribution in [-0.4, -0.2) is 27.6 Å². The van der Waals surface area contributed by atoms with Crippen LogP contribution >= 0.6 is 0 Å². The van der Waals surface area contributed by atoms with E-state index in [-0.39, 0.29) is 0 Å². The number of aryl methyl sites for hydroxylation is 1. The molecule has 82 valence electrons. The molecule has 0 saturated carbocycles. The normalized spacial score (nSPS) is 19.9. The van der Waals surface area contributed by atoms with Crippen LogP contribution in [0.5, 0.6) is 0 Å². The van der Waals surface area contributed by atoms with Crippen LogP contribution in [0, 0.1) is 0 Å². The predicted octanol–water partition coefficient (Wildman–Crippen LogP) is 1.21. The highest BCUT2D eigenvalue weighted by Gasteiger charge is 2.17. The van der Waals surface area contributed by atoms with Gasteiger partial charge in [-0.05, 0) is 61.5 Å². The van der Waals surface area contributed by atoms with E-state index >= 15 is 0 Å². The average Bonchev–Trinajstić information content (AvgIpc) is 2.52. The van der Waals surface area contributed by atoms with Gasteiger partial charge in [-0.15, -0.1) is 0 Å². The van der Waals surface area contributed by atoms with Crippen molar-refractivity contribution < 1.29 is 0 Å². The van der Waals surface area contributed by atoms with Crippen LogP contribution in [0.2, 0.25) is 0 Å². The summed E-state index contributed by atoms with van der Waals surface area (Å²) in [5.41, 5.74) is 5.71. The van der Waals surface area contributed by atoms with Crippen LogP contribution in [0.3, 0.4) is 0 Å². The molecule has 0 spiro atoms. The smallest absolute Gasteiger partial charge is 0.226 e. The van der Waals surface area contributed by atoms with Gasteiger partial charge in [0.25, 0.3) is 0 Å². The molecule has 1 aromatic rings. The molecule has 2 aliphatic heterocycles. The zero-order valence-corrected chi connectivity index (χ0v) is 9.63. The zero-order valence-electron chi connectivity index (χ0n) is 9.63. The lowest BCUT2D eigenvalue weighted by Crippen LogP contribution is -2.26. The van der Waals surface area contributed by atoms with E-state index in [1.54, 1.807) is 0 Å². The van der Waals surface area contributed by atoms with Gasteiger partial charge in [-0.2, -0.15) is 0 Å². The molecule has 2 heterocycles. The number of rotatable bonds is 0. The van der Waals surface area contributed by atoms with Crippen molar-refractivity contribution in [1.82, 2.24) is 5.32 Å². The highest BCUT2D eigenvalue weighted by molar-refractivity contribution is 6.18. The lowest BCUT2D eigenvalue weighted by atomic mass is 9.92. The van der Waals surface area contributed by atoms with Crippen molar-refractivity contribution in [1.29, 1.82) is 0 Å². The summed E-state index contributed by atoms with van der Waals surface area (Å²) in [5, 5.41) is 3.45. The van der Waals surface area contributed by atoms with Crippen LogP contribution in [0.15, 0.2) is 12.1 Å².